The molecule has 1 fully saturated rings. The van der Waals surface area contributed by atoms with Crippen molar-refractivity contribution in [2.24, 2.45) is 5.92 Å². The number of carboxylic acids is 1. The molecule has 2 aromatic carbocycles. The van der Waals surface area contributed by atoms with E-state index in [0.29, 0.717) is 16.6 Å². The second kappa shape index (κ2) is 8.30. The molecule has 0 bridgehead atoms. The van der Waals surface area contributed by atoms with E-state index in [0.717, 1.165) is 23.6 Å². The smallest absolute Gasteiger partial charge is 0.335 e. The Morgan fingerprint density at radius 1 is 1.21 bits per heavy atom. The average Bonchev–Trinajstić information content (AvgIpc) is 3.59. The van der Waals surface area contributed by atoms with Crippen molar-refractivity contribution in [1.29, 1.82) is 0 Å². The fourth-order valence-corrected chi connectivity index (χ4v) is 4.35. The number of aromatic nitrogens is 3. The summed E-state index contributed by atoms with van der Waals surface area (Å²) in [5, 5.41) is 24.4. The van der Waals surface area contributed by atoms with Crippen molar-refractivity contribution in [2.45, 2.75) is 25.9 Å². The molecule has 1 aliphatic carbocycles. The van der Waals surface area contributed by atoms with Crippen molar-refractivity contribution in [2.75, 3.05) is 0 Å². The number of nitrogens with zero attached hydrogens (tertiary/aromatic N) is 3. The molecule has 1 aliphatic rings. The van der Waals surface area contributed by atoms with Crippen LogP contribution in [0.4, 0.5) is 4.39 Å². The minimum Gasteiger partial charge on any atom is -0.478 e. The molecule has 0 amide bonds. The lowest BCUT2D eigenvalue weighted by Gasteiger charge is -2.10. The van der Waals surface area contributed by atoms with E-state index in [4.69, 9.17) is 16.7 Å². The molecule has 0 radical (unpaired) electrons. The molecule has 172 valence electrons. The van der Waals surface area contributed by atoms with Gasteiger partial charge in [0.15, 0.2) is 0 Å². The van der Waals surface area contributed by atoms with E-state index in [-0.39, 0.29) is 38.8 Å². The molecular weight excluding hydrogens is 461 g/mol. The number of aryl methyl sites for hydroxylation is 1. The van der Waals surface area contributed by atoms with Crippen LogP contribution in [0.25, 0.3) is 22.3 Å². The number of halogens is 2. The second-order valence-corrected chi connectivity index (χ2v) is 8.82. The summed E-state index contributed by atoms with van der Waals surface area (Å²) in [6.07, 6.45) is 2.58. The molecule has 0 spiro atoms. The SMILES string of the molecule is Cc1cccc(Cl)c1C(=O)n1nc(-c2ccc(C(=O)O)cc2F)c2ncc(C(O)C3CC3)cc21. The molecule has 0 aliphatic heterocycles. The van der Waals surface area contributed by atoms with E-state index in [2.05, 4.69) is 10.1 Å². The molecule has 9 heteroatoms. The van der Waals surface area contributed by atoms with Crippen molar-refractivity contribution in [3.63, 3.8) is 0 Å². The molecule has 1 atom stereocenters. The maximum atomic E-state index is 14.9. The number of aliphatic hydroxyl groups excluding tert-OH is 1. The van der Waals surface area contributed by atoms with Crippen LogP contribution >= 0.6 is 11.6 Å². The zero-order chi connectivity index (χ0) is 24.1. The van der Waals surface area contributed by atoms with Crippen LogP contribution in [0, 0.1) is 18.7 Å². The molecule has 1 unspecified atom stereocenters. The Kier molecular flexibility index (Phi) is 5.42. The van der Waals surface area contributed by atoms with E-state index in [1.165, 1.54) is 18.3 Å². The third-order valence-electron chi connectivity index (χ3n) is 6.05. The van der Waals surface area contributed by atoms with Gasteiger partial charge in [-0.1, -0.05) is 23.7 Å². The molecule has 34 heavy (non-hydrogen) atoms. The van der Waals surface area contributed by atoms with Gasteiger partial charge >= 0.3 is 5.97 Å². The fourth-order valence-electron chi connectivity index (χ4n) is 4.04. The topological polar surface area (TPSA) is 105 Å². The summed E-state index contributed by atoms with van der Waals surface area (Å²) in [7, 11) is 0. The van der Waals surface area contributed by atoms with Crippen molar-refractivity contribution in [3.05, 3.63) is 81.8 Å². The van der Waals surface area contributed by atoms with Crippen LogP contribution < -0.4 is 0 Å². The summed E-state index contributed by atoms with van der Waals surface area (Å²) in [5.74, 6) is -2.46. The van der Waals surface area contributed by atoms with Crippen LogP contribution in [0.1, 0.15) is 50.8 Å². The molecule has 2 N–H and O–H groups in total. The van der Waals surface area contributed by atoms with E-state index >= 15 is 0 Å². The van der Waals surface area contributed by atoms with Crippen LogP contribution in [0.15, 0.2) is 48.7 Å². The van der Waals surface area contributed by atoms with Gasteiger partial charge in [-0.3, -0.25) is 9.78 Å². The first-order valence-electron chi connectivity index (χ1n) is 10.7. The highest BCUT2D eigenvalue weighted by Gasteiger charge is 2.32. The largest absolute Gasteiger partial charge is 0.478 e. The number of benzene rings is 2. The number of fused-ring (bicyclic) bond motifs is 1. The van der Waals surface area contributed by atoms with E-state index < -0.39 is 23.8 Å². The van der Waals surface area contributed by atoms with Gasteiger partial charge in [0.05, 0.1) is 27.8 Å². The Balaban J connectivity index is 1.73. The van der Waals surface area contributed by atoms with Crippen LogP contribution in [-0.4, -0.2) is 36.9 Å². The molecule has 7 nitrogen and oxygen atoms in total. The fraction of sp³-hybridized carbons (Fsp3) is 0.200. The Labute approximate surface area is 198 Å². The van der Waals surface area contributed by atoms with Gasteiger partial charge in [0.1, 0.15) is 17.0 Å². The second-order valence-electron chi connectivity index (χ2n) is 8.42. The third-order valence-corrected chi connectivity index (χ3v) is 6.37. The number of aliphatic hydroxyl groups is 1. The zero-order valence-electron chi connectivity index (χ0n) is 18.0. The third kappa shape index (κ3) is 3.74. The molecular formula is C25H19ClFN3O4. The number of carbonyl (C=O) groups excluding carboxylic acids is 1. The Morgan fingerprint density at radius 3 is 2.62 bits per heavy atom. The van der Waals surface area contributed by atoms with Crippen molar-refractivity contribution in [3.8, 4) is 11.3 Å². The Bertz CT molecular complexity index is 1460. The number of hydrogen-bond acceptors (Lipinski definition) is 5. The monoisotopic (exact) mass is 479 g/mol. The summed E-state index contributed by atoms with van der Waals surface area (Å²) in [6, 6.07) is 10.2. The van der Waals surface area contributed by atoms with Crippen molar-refractivity contribution < 1.29 is 24.2 Å². The highest BCUT2D eigenvalue weighted by molar-refractivity contribution is 6.34. The highest BCUT2D eigenvalue weighted by atomic mass is 35.5. The van der Waals surface area contributed by atoms with Crippen LogP contribution in [0.3, 0.4) is 0 Å². The van der Waals surface area contributed by atoms with Crippen molar-refractivity contribution >= 4 is 34.5 Å². The summed E-state index contributed by atoms with van der Waals surface area (Å²) in [4.78, 5) is 29.2. The standard InChI is InChI=1S/C25H19ClFN3O4/c1-12-3-2-4-17(26)20(12)24(32)30-19-10-15(23(31)13-5-6-13)11-28-22(19)21(29-30)16-8-7-14(25(33)34)9-18(16)27/h2-4,7-11,13,23,31H,5-6H2,1H3,(H,33,34). The average molecular weight is 480 g/mol. The number of hydrogen-bond donors (Lipinski definition) is 2. The summed E-state index contributed by atoms with van der Waals surface area (Å²) < 4.78 is 16.0. The number of rotatable bonds is 5. The number of carboxylic acid groups (broad SMARTS) is 1. The Hall–Kier alpha value is -3.62. The number of aromatic carboxylic acids is 1. The summed E-state index contributed by atoms with van der Waals surface area (Å²) in [6.45, 7) is 1.75. The van der Waals surface area contributed by atoms with Gasteiger partial charge in [0.25, 0.3) is 5.91 Å². The normalized spacial score (nSPS) is 14.4. The van der Waals surface area contributed by atoms with Crippen LogP contribution in [0.5, 0.6) is 0 Å². The quantitative estimate of drug-likeness (QED) is 0.416. The lowest BCUT2D eigenvalue weighted by Crippen LogP contribution is -2.16. The van der Waals surface area contributed by atoms with Gasteiger partial charge in [0.2, 0.25) is 0 Å². The van der Waals surface area contributed by atoms with Gasteiger partial charge in [-0.2, -0.15) is 9.78 Å². The van der Waals surface area contributed by atoms with E-state index in [1.54, 1.807) is 31.2 Å². The molecule has 2 heterocycles. The first-order valence-corrected chi connectivity index (χ1v) is 11.0. The zero-order valence-corrected chi connectivity index (χ0v) is 18.8. The van der Waals surface area contributed by atoms with E-state index in [1.807, 2.05) is 0 Å². The predicted molar refractivity (Wildman–Crippen MR) is 123 cm³/mol. The van der Waals surface area contributed by atoms with Gasteiger partial charge < -0.3 is 10.2 Å². The first kappa shape index (κ1) is 22.2. The number of pyridine rings is 1. The lowest BCUT2D eigenvalue weighted by atomic mass is 10.0. The minimum absolute atomic E-state index is 0.000391. The molecule has 4 aromatic rings. The minimum atomic E-state index is -1.26. The highest BCUT2D eigenvalue weighted by Crippen LogP contribution is 2.41. The Morgan fingerprint density at radius 2 is 1.97 bits per heavy atom. The molecule has 5 rings (SSSR count). The predicted octanol–water partition coefficient (Wildman–Crippen LogP) is 5.03. The van der Waals surface area contributed by atoms with Crippen molar-refractivity contribution in [1.82, 2.24) is 14.8 Å². The lowest BCUT2D eigenvalue weighted by molar-refractivity contribution is 0.0696. The summed E-state index contributed by atoms with van der Waals surface area (Å²) in [5.41, 5.74) is 1.82. The summed E-state index contributed by atoms with van der Waals surface area (Å²) >= 11 is 6.32. The number of carbonyl (C=O) groups is 2. The maximum Gasteiger partial charge on any atom is 0.335 e. The molecule has 2 aromatic heterocycles. The first-order chi connectivity index (χ1) is 16.3. The van der Waals surface area contributed by atoms with Crippen LogP contribution in [-0.2, 0) is 0 Å². The van der Waals surface area contributed by atoms with Gasteiger partial charge in [-0.15, -0.1) is 0 Å². The van der Waals surface area contributed by atoms with Gasteiger partial charge in [-0.25, -0.2) is 9.18 Å². The van der Waals surface area contributed by atoms with Gasteiger partial charge in [-0.05, 0) is 61.6 Å². The van der Waals surface area contributed by atoms with Gasteiger partial charge in [0, 0.05) is 17.3 Å². The maximum absolute atomic E-state index is 14.9. The van der Waals surface area contributed by atoms with Crippen LogP contribution in [0.2, 0.25) is 5.02 Å². The van der Waals surface area contributed by atoms with E-state index in [9.17, 15) is 19.1 Å². The molecule has 0 saturated heterocycles. The molecule has 1 saturated carbocycles.